The first-order valence-corrected chi connectivity index (χ1v) is 15.3. The molecule has 4 aliphatic rings. The first kappa shape index (κ1) is 31.8. The molecular weight excluding hydrogens is 581 g/mol. The summed E-state index contributed by atoms with van der Waals surface area (Å²) in [7, 11) is 0. The number of ether oxygens (including phenoxy) is 2. The fraction of sp³-hybridized carbons (Fsp3) is 0.613. The Morgan fingerprint density at radius 3 is 2.73 bits per heavy atom. The highest BCUT2D eigenvalue weighted by Gasteiger charge is 2.62. The Balaban J connectivity index is 1.33. The first-order chi connectivity index (χ1) is 20.9. The number of carbonyl (C=O) groups excluding carboxylic acids is 4. The van der Waals surface area contributed by atoms with Gasteiger partial charge in [0.15, 0.2) is 0 Å². The number of hydrogen-bond donors (Lipinski definition) is 2. The summed E-state index contributed by atoms with van der Waals surface area (Å²) in [6.45, 7) is 1.60. The number of rotatable bonds is 3. The smallest absolute Gasteiger partial charge is 0.416 e. The number of nitrogens with one attached hydrogen (secondary N) is 1. The van der Waals surface area contributed by atoms with Crippen LogP contribution in [-0.4, -0.2) is 77.1 Å². The average molecular weight is 621 g/mol. The van der Waals surface area contributed by atoms with Gasteiger partial charge in [0.2, 0.25) is 11.8 Å². The maximum absolute atomic E-state index is 13.7. The van der Waals surface area contributed by atoms with Crippen LogP contribution in [0.2, 0.25) is 0 Å². The molecule has 44 heavy (non-hydrogen) atoms. The van der Waals surface area contributed by atoms with E-state index in [0.29, 0.717) is 18.4 Å². The molecule has 5 atom stereocenters. The lowest BCUT2D eigenvalue weighted by Crippen LogP contribution is -2.55. The molecule has 0 bridgehead atoms. The fourth-order valence-electron chi connectivity index (χ4n) is 6.51. The van der Waals surface area contributed by atoms with E-state index in [4.69, 9.17) is 15.2 Å². The minimum Gasteiger partial charge on any atom is -0.464 e. The van der Waals surface area contributed by atoms with Crippen molar-refractivity contribution in [3.63, 3.8) is 0 Å². The van der Waals surface area contributed by atoms with Crippen LogP contribution in [0.4, 0.5) is 18.0 Å². The number of esters is 1. The lowest BCUT2D eigenvalue weighted by Gasteiger charge is -2.31. The Hall–Kier alpha value is -3.61. The lowest BCUT2D eigenvalue weighted by molar-refractivity contribution is -0.150. The van der Waals surface area contributed by atoms with Crippen LogP contribution in [0.1, 0.15) is 68.6 Å². The Bertz CT molecular complexity index is 1320. The van der Waals surface area contributed by atoms with Gasteiger partial charge in [-0.3, -0.25) is 9.59 Å². The molecule has 1 saturated heterocycles. The summed E-state index contributed by atoms with van der Waals surface area (Å²) in [6.07, 6.45) is 1.85. The third-order valence-electron chi connectivity index (χ3n) is 9.02. The number of amides is 3. The number of alkyl halides is 3. The molecule has 3 amide bonds. The molecule has 3 heterocycles. The van der Waals surface area contributed by atoms with Crippen molar-refractivity contribution in [1.82, 2.24) is 15.1 Å². The molecule has 1 aromatic carbocycles. The van der Waals surface area contributed by atoms with Crippen LogP contribution in [0.3, 0.4) is 0 Å². The predicted octanol–water partition coefficient (Wildman–Crippen LogP) is 3.46. The summed E-state index contributed by atoms with van der Waals surface area (Å²) < 4.78 is 51.9. The molecule has 10 nitrogen and oxygen atoms in total. The van der Waals surface area contributed by atoms with Crippen molar-refractivity contribution in [2.75, 3.05) is 19.7 Å². The van der Waals surface area contributed by atoms with E-state index < -0.39 is 59.3 Å². The van der Waals surface area contributed by atoms with Crippen molar-refractivity contribution >= 4 is 23.9 Å². The highest BCUT2D eigenvalue weighted by molar-refractivity contribution is 5.96. The molecule has 2 fully saturated rings. The van der Waals surface area contributed by atoms with E-state index in [1.807, 2.05) is 12.2 Å². The van der Waals surface area contributed by atoms with Crippen LogP contribution in [0.5, 0.6) is 0 Å². The summed E-state index contributed by atoms with van der Waals surface area (Å²) in [6, 6.07) is 2.03. The van der Waals surface area contributed by atoms with Gasteiger partial charge in [-0.1, -0.05) is 37.1 Å². The van der Waals surface area contributed by atoms with Crippen LogP contribution in [0, 0.1) is 5.92 Å². The highest BCUT2D eigenvalue weighted by atomic mass is 19.4. The van der Waals surface area contributed by atoms with E-state index in [2.05, 4.69) is 5.32 Å². The molecule has 1 aromatic rings. The standard InChI is InChI=1S/C31H39F3N4O6/c1-2-43-28(41)30-16-20(30)10-6-4-3-5-7-12-24(35)27(40)38-17-21(15-25(38)26(39)36-30)44-29(42)37-14-13-19-9-8-11-23(22(19)18-37)31(32,33)34/h6,8-11,20-21,24-25H,2-5,7,12-18,35H2,1H3,(H,36,39)/b10-6-. The van der Waals surface area contributed by atoms with Crippen molar-refractivity contribution in [3.8, 4) is 0 Å². The number of carbonyl (C=O) groups is 4. The quantitative estimate of drug-likeness (QED) is 0.391. The van der Waals surface area contributed by atoms with Crippen LogP contribution in [0.15, 0.2) is 30.4 Å². The Labute approximate surface area is 254 Å². The molecule has 13 heteroatoms. The molecule has 3 N–H and O–H groups in total. The number of fused-ring (bicyclic) bond motifs is 3. The van der Waals surface area contributed by atoms with Gasteiger partial charge in [0.25, 0.3) is 0 Å². The average Bonchev–Trinajstić information content (AvgIpc) is 3.52. The van der Waals surface area contributed by atoms with Gasteiger partial charge in [0, 0.05) is 25.4 Å². The van der Waals surface area contributed by atoms with E-state index in [1.54, 1.807) is 13.0 Å². The SMILES string of the molecule is CCOC(=O)C12CC1/C=C\CCCCCC(N)C(=O)N1CC(OC(=O)N3CCc4cccc(C(F)(F)F)c4C3)CC1C(=O)N2. The lowest BCUT2D eigenvalue weighted by atomic mass is 9.95. The summed E-state index contributed by atoms with van der Waals surface area (Å²) in [4.78, 5) is 55.8. The Kier molecular flexibility index (Phi) is 9.24. The van der Waals surface area contributed by atoms with Crippen molar-refractivity contribution < 1.29 is 41.8 Å². The minimum atomic E-state index is -4.57. The second kappa shape index (κ2) is 12.8. The molecular formula is C31H39F3N4O6. The van der Waals surface area contributed by atoms with Crippen LogP contribution in [-0.2, 0) is 43.0 Å². The number of halogens is 3. The third kappa shape index (κ3) is 6.57. The van der Waals surface area contributed by atoms with Gasteiger partial charge in [0.05, 0.1) is 24.8 Å². The second-order valence-electron chi connectivity index (χ2n) is 12.0. The van der Waals surface area contributed by atoms with E-state index in [-0.39, 0.29) is 50.6 Å². The van der Waals surface area contributed by atoms with Gasteiger partial charge in [-0.2, -0.15) is 13.2 Å². The molecule has 3 aliphatic heterocycles. The number of benzene rings is 1. The third-order valence-corrected chi connectivity index (χ3v) is 9.02. The largest absolute Gasteiger partial charge is 0.464 e. The first-order valence-electron chi connectivity index (χ1n) is 15.3. The zero-order valence-electron chi connectivity index (χ0n) is 24.7. The number of nitrogens with two attached hydrogens (primary N) is 1. The summed E-state index contributed by atoms with van der Waals surface area (Å²) in [5, 5.41) is 2.84. The van der Waals surface area contributed by atoms with Crippen molar-refractivity contribution in [1.29, 1.82) is 0 Å². The molecule has 0 radical (unpaired) electrons. The minimum absolute atomic E-state index is 0.0279. The van der Waals surface area contributed by atoms with Gasteiger partial charge in [-0.05, 0) is 56.2 Å². The zero-order valence-corrected chi connectivity index (χ0v) is 24.7. The fourth-order valence-corrected chi connectivity index (χ4v) is 6.51. The predicted molar refractivity (Wildman–Crippen MR) is 152 cm³/mol. The summed E-state index contributed by atoms with van der Waals surface area (Å²) >= 11 is 0. The van der Waals surface area contributed by atoms with Gasteiger partial charge in [-0.25, -0.2) is 9.59 Å². The molecule has 0 aromatic heterocycles. The highest BCUT2D eigenvalue weighted by Crippen LogP contribution is 2.46. The zero-order chi connectivity index (χ0) is 31.6. The van der Waals surface area contributed by atoms with E-state index in [0.717, 1.165) is 31.7 Å². The summed E-state index contributed by atoms with van der Waals surface area (Å²) in [5.74, 6) is -1.84. The van der Waals surface area contributed by atoms with Crippen molar-refractivity contribution in [2.45, 2.75) is 94.7 Å². The van der Waals surface area contributed by atoms with Gasteiger partial charge < -0.3 is 30.3 Å². The Morgan fingerprint density at radius 2 is 1.98 bits per heavy atom. The van der Waals surface area contributed by atoms with Crippen molar-refractivity contribution in [3.05, 3.63) is 47.0 Å². The maximum Gasteiger partial charge on any atom is 0.416 e. The van der Waals surface area contributed by atoms with Gasteiger partial charge in [0.1, 0.15) is 17.7 Å². The normalized spacial score (nSPS) is 30.1. The van der Waals surface area contributed by atoms with E-state index in [9.17, 15) is 32.3 Å². The molecule has 0 spiro atoms. The van der Waals surface area contributed by atoms with Gasteiger partial charge >= 0.3 is 18.2 Å². The number of nitrogens with zero attached hydrogens (tertiary/aromatic N) is 2. The number of allylic oxidation sites excluding steroid dienone is 1. The summed E-state index contributed by atoms with van der Waals surface area (Å²) in [5.41, 5.74) is 4.76. The van der Waals surface area contributed by atoms with Crippen LogP contribution in [0.25, 0.3) is 0 Å². The maximum atomic E-state index is 13.7. The topological polar surface area (TPSA) is 131 Å². The van der Waals surface area contributed by atoms with Crippen LogP contribution < -0.4 is 11.1 Å². The van der Waals surface area contributed by atoms with Crippen LogP contribution >= 0.6 is 0 Å². The second-order valence-corrected chi connectivity index (χ2v) is 12.0. The number of hydrogen-bond acceptors (Lipinski definition) is 7. The van der Waals surface area contributed by atoms with Crippen molar-refractivity contribution in [2.24, 2.45) is 11.7 Å². The monoisotopic (exact) mass is 620 g/mol. The van der Waals surface area contributed by atoms with E-state index >= 15 is 0 Å². The Morgan fingerprint density at radius 1 is 1.18 bits per heavy atom. The molecule has 5 unspecified atom stereocenters. The molecule has 1 saturated carbocycles. The molecule has 240 valence electrons. The van der Waals surface area contributed by atoms with Gasteiger partial charge in [-0.15, -0.1) is 0 Å². The van der Waals surface area contributed by atoms with E-state index in [1.165, 1.54) is 15.9 Å². The molecule has 5 rings (SSSR count). The molecule has 1 aliphatic carbocycles.